The van der Waals surface area contributed by atoms with Crippen LogP contribution in [0.25, 0.3) is 0 Å². The molecule has 20 heavy (non-hydrogen) atoms. The van der Waals surface area contributed by atoms with E-state index in [1.165, 1.54) is 4.90 Å². The van der Waals surface area contributed by atoms with Crippen molar-refractivity contribution in [2.45, 2.75) is 38.5 Å². The fourth-order valence-corrected chi connectivity index (χ4v) is 3.40. The van der Waals surface area contributed by atoms with E-state index >= 15 is 0 Å². The van der Waals surface area contributed by atoms with Crippen LogP contribution in [0.5, 0.6) is 0 Å². The number of carbonyl (C=O) groups is 1. The van der Waals surface area contributed by atoms with Crippen molar-refractivity contribution in [1.82, 2.24) is 4.90 Å². The van der Waals surface area contributed by atoms with E-state index in [9.17, 15) is 17.1 Å². The fraction of sp³-hybridized carbons (Fsp3) is 0.500. The number of halogens is 1. The van der Waals surface area contributed by atoms with E-state index in [2.05, 4.69) is 0 Å². The average molecular weight is 299 g/mol. The predicted molar refractivity (Wildman–Crippen MR) is 74.5 cm³/mol. The molecule has 2 unspecified atom stereocenters. The molecule has 0 aliphatic carbocycles. The summed E-state index contributed by atoms with van der Waals surface area (Å²) in [5.41, 5.74) is 3.12. The molecule has 0 bridgehead atoms. The van der Waals surface area contributed by atoms with Crippen molar-refractivity contribution in [2.75, 3.05) is 6.54 Å². The highest BCUT2D eigenvalue weighted by atomic mass is 32.3. The van der Waals surface area contributed by atoms with Gasteiger partial charge in [0, 0.05) is 13.0 Å². The molecule has 0 aromatic heterocycles. The number of amides is 1. The van der Waals surface area contributed by atoms with Gasteiger partial charge in [0.2, 0.25) is 5.91 Å². The van der Waals surface area contributed by atoms with Crippen molar-refractivity contribution in [1.29, 1.82) is 0 Å². The predicted octanol–water partition coefficient (Wildman–Crippen LogP) is 2.26. The van der Waals surface area contributed by atoms with Crippen LogP contribution in [0.1, 0.15) is 36.1 Å². The van der Waals surface area contributed by atoms with Crippen molar-refractivity contribution in [3.63, 3.8) is 0 Å². The molecule has 1 aromatic carbocycles. The van der Waals surface area contributed by atoms with Gasteiger partial charge < -0.3 is 4.90 Å². The molecule has 2 atom stereocenters. The van der Waals surface area contributed by atoms with Gasteiger partial charge in [-0.05, 0) is 31.9 Å². The summed E-state index contributed by atoms with van der Waals surface area (Å²) in [6.07, 6.45) is -0.270. The average Bonchev–Trinajstić information content (AvgIpc) is 2.70. The topological polar surface area (TPSA) is 54.5 Å². The Morgan fingerprint density at radius 1 is 1.35 bits per heavy atom. The lowest BCUT2D eigenvalue weighted by molar-refractivity contribution is -0.129. The normalized spacial score (nSPS) is 21.3. The quantitative estimate of drug-likeness (QED) is 0.805. The molecular formula is C14H18FNO3S. The molecule has 0 N–H and O–H groups in total. The third-order valence-corrected chi connectivity index (χ3v) is 4.98. The monoisotopic (exact) mass is 299 g/mol. The van der Waals surface area contributed by atoms with Crippen molar-refractivity contribution < 1.29 is 17.1 Å². The number of benzene rings is 1. The summed E-state index contributed by atoms with van der Waals surface area (Å²) in [5.74, 6) is -0.316. The van der Waals surface area contributed by atoms with Crippen molar-refractivity contribution in [2.24, 2.45) is 0 Å². The third-order valence-electron chi connectivity index (χ3n) is 3.86. The Hall–Kier alpha value is -1.43. The molecule has 2 rings (SSSR count). The summed E-state index contributed by atoms with van der Waals surface area (Å²) in [5, 5.41) is -1.23. The molecule has 0 saturated carbocycles. The van der Waals surface area contributed by atoms with E-state index < -0.39 is 15.5 Å². The zero-order valence-electron chi connectivity index (χ0n) is 11.8. The Morgan fingerprint density at radius 2 is 2.00 bits per heavy atom. The highest BCUT2D eigenvalue weighted by Crippen LogP contribution is 2.30. The number of rotatable bonds is 3. The summed E-state index contributed by atoms with van der Waals surface area (Å²) in [7, 11) is -4.66. The van der Waals surface area contributed by atoms with Gasteiger partial charge in [-0.15, -0.1) is 3.89 Å². The Labute approximate surface area is 118 Å². The number of hydrogen-bond donors (Lipinski definition) is 0. The van der Waals surface area contributed by atoms with Gasteiger partial charge in [-0.25, -0.2) is 0 Å². The molecule has 1 aromatic rings. The zero-order chi connectivity index (χ0) is 15.1. The Kier molecular flexibility index (Phi) is 3.86. The number of nitrogens with zero attached hydrogens (tertiary/aromatic N) is 1. The molecular weight excluding hydrogens is 281 g/mol. The second kappa shape index (κ2) is 5.16. The molecule has 0 radical (unpaired) electrons. The van der Waals surface area contributed by atoms with Crippen LogP contribution < -0.4 is 0 Å². The van der Waals surface area contributed by atoms with Crippen LogP contribution >= 0.6 is 0 Å². The van der Waals surface area contributed by atoms with Crippen LogP contribution in [0.15, 0.2) is 18.2 Å². The molecule has 1 aliphatic heterocycles. The summed E-state index contributed by atoms with van der Waals surface area (Å²) in [4.78, 5) is 13.4. The first kappa shape index (κ1) is 15.0. The minimum Gasteiger partial charge on any atom is -0.334 e. The van der Waals surface area contributed by atoms with E-state index in [1.807, 2.05) is 39.0 Å². The highest BCUT2D eigenvalue weighted by molar-refractivity contribution is 7.87. The van der Waals surface area contributed by atoms with Crippen LogP contribution in [0.3, 0.4) is 0 Å². The first-order valence-electron chi connectivity index (χ1n) is 6.50. The minimum absolute atomic E-state index is 0.0772. The Bertz CT molecular complexity index is 642. The van der Waals surface area contributed by atoms with Gasteiger partial charge in [0.25, 0.3) is 0 Å². The summed E-state index contributed by atoms with van der Waals surface area (Å²) >= 11 is 0. The SMILES string of the molecule is Cc1ccc(C(C)N2CC(S(=O)(=O)F)CC2=O)c(C)c1. The smallest absolute Gasteiger partial charge is 0.307 e. The first-order valence-corrected chi connectivity index (χ1v) is 7.95. The van der Waals surface area contributed by atoms with Crippen LogP contribution in [0, 0.1) is 13.8 Å². The molecule has 1 saturated heterocycles. The lowest BCUT2D eigenvalue weighted by Crippen LogP contribution is -2.30. The van der Waals surface area contributed by atoms with Crippen molar-refractivity contribution in [3.8, 4) is 0 Å². The number of carbonyl (C=O) groups excluding carboxylic acids is 1. The van der Waals surface area contributed by atoms with E-state index in [0.717, 1.165) is 16.7 Å². The van der Waals surface area contributed by atoms with E-state index in [1.54, 1.807) is 0 Å². The number of likely N-dealkylation sites (tertiary alicyclic amines) is 1. The maximum absolute atomic E-state index is 13.0. The molecule has 110 valence electrons. The number of hydrogen-bond acceptors (Lipinski definition) is 3. The van der Waals surface area contributed by atoms with Crippen molar-refractivity contribution >= 4 is 16.1 Å². The molecule has 0 spiro atoms. The summed E-state index contributed by atoms with van der Waals surface area (Å²) in [6, 6.07) is 5.63. The minimum atomic E-state index is -4.66. The Morgan fingerprint density at radius 3 is 2.50 bits per heavy atom. The second-order valence-corrected chi connectivity index (χ2v) is 7.00. The fourth-order valence-electron chi connectivity index (χ4n) is 2.72. The van der Waals surface area contributed by atoms with Gasteiger partial charge in [-0.3, -0.25) is 4.79 Å². The molecule has 6 heteroatoms. The van der Waals surface area contributed by atoms with Crippen LogP contribution in [-0.4, -0.2) is 31.0 Å². The molecule has 1 heterocycles. The highest BCUT2D eigenvalue weighted by Gasteiger charge is 2.40. The number of aryl methyl sites for hydroxylation is 2. The van der Waals surface area contributed by atoms with E-state index in [-0.39, 0.29) is 24.9 Å². The zero-order valence-corrected chi connectivity index (χ0v) is 12.6. The van der Waals surface area contributed by atoms with Gasteiger partial charge in [-0.2, -0.15) is 8.42 Å². The van der Waals surface area contributed by atoms with Crippen molar-refractivity contribution in [3.05, 3.63) is 34.9 Å². The Balaban J connectivity index is 2.26. The van der Waals surface area contributed by atoms with Crippen LogP contribution in [0.4, 0.5) is 3.89 Å². The third kappa shape index (κ3) is 2.85. The standard InChI is InChI=1S/C14H18FNO3S/c1-9-4-5-13(10(2)6-9)11(3)16-8-12(7-14(16)17)20(15,18)19/h4-6,11-12H,7-8H2,1-3H3. The van der Waals surface area contributed by atoms with Crippen LogP contribution in [-0.2, 0) is 15.0 Å². The van der Waals surface area contributed by atoms with E-state index in [4.69, 9.17) is 0 Å². The van der Waals surface area contributed by atoms with Gasteiger partial charge >= 0.3 is 10.2 Å². The van der Waals surface area contributed by atoms with Gasteiger partial charge in [0.1, 0.15) is 5.25 Å². The van der Waals surface area contributed by atoms with Gasteiger partial charge in [-0.1, -0.05) is 23.8 Å². The summed E-state index contributed by atoms with van der Waals surface area (Å²) < 4.78 is 34.9. The maximum Gasteiger partial charge on any atom is 0.307 e. The van der Waals surface area contributed by atoms with Crippen LogP contribution in [0.2, 0.25) is 0 Å². The molecule has 1 fully saturated rings. The second-order valence-electron chi connectivity index (χ2n) is 5.38. The van der Waals surface area contributed by atoms with Gasteiger partial charge in [0.05, 0.1) is 6.04 Å². The molecule has 1 aliphatic rings. The largest absolute Gasteiger partial charge is 0.334 e. The van der Waals surface area contributed by atoms with Gasteiger partial charge in [0.15, 0.2) is 0 Å². The molecule has 1 amide bonds. The first-order chi connectivity index (χ1) is 9.20. The lowest BCUT2D eigenvalue weighted by atomic mass is 9.99. The molecule has 4 nitrogen and oxygen atoms in total. The van der Waals surface area contributed by atoms with E-state index in [0.29, 0.717) is 0 Å². The summed E-state index contributed by atoms with van der Waals surface area (Å²) in [6.45, 7) is 5.69. The maximum atomic E-state index is 13.0. The lowest BCUT2D eigenvalue weighted by Gasteiger charge is -2.26.